The first-order valence-corrected chi connectivity index (χ1v) is 26.8. The van der Waals surface area contributed by atoms with Gasteiger partial charge in [-0.15, -0.1) is 11.3 Å². The van der Waals surface area contributed by atoms with Crippen molar-refractivity contribution in [2.24, 2.45) is 0 Å². The third kappa shape index (κ3) is 6.98. The predicted molar refractivity (Wildman–Crippen MR) is 312 cm³/mol. The van der Waals surface area contributed by atoms with Crippen LogP contribution in [0.4, 0.5) is 0 Å². The highest BCUT2D eigenvalue weighted by molar-refractivity contribution is 7.16. The molecule has 370 valence electrons. The molecule has 1 aromatic heterocycles. The van der Waals surface area contributed by atoms with Crippen molar-refractivity contribution in [1.29, 1.82) is 21.0 Å². The van der Waals surface area contributed by atoms with Crippen molar-refractivity contribution >= 4 is 46.2 Å². The lowest BCUT2D eigenvalue weighted by Gasteiger charge is -2.36. The normalized spacial score (nSPS) is 15.5. The number of ketones is 2. The standard InChI is InChI=1S/C72H44N4O2S/c1-41-13-22-48(23-14-41)71(49-24-15-42(2)16-25-49)62-32-45(31-60-66(46(37-73)38-74)54-9-5-7-11-56(54)68(60)77)21-30-53(62)58-35-64-59(36-63(58)71)70-65(72(64,50-26-17-43(3)18-27-50)51-28-19-44(4)20-29-51)34-52(79-70)33-61-67(47(39-75)40-76)55-10-6-8-12-57(55)69(61)78/h5-36H,1-4H3. The number of allylic oxidation sites excluding steroid dienone is 6. The van der Waals surface area contributed by atoms with Crippen molar-refractivity contribution in [2.45, 2.75) is 38.5 Å². The van der Waals surface area contributed by atoms with Gasteiger partial charge in [0.15, 0.2) is 11.6 Å². The summed E-state index contributed by atoms with van der Waals surface area (Å²) in [6.45, 7) is 8.37. The highest BCUT2D eigenvalue weighted by atomic mass is 32.1. The molecule has 0 atom stereocenters. The van der Waals surface area contributed by atoms with Crippen LogP contribution in [0.15, 0.2) is 204 Å². The van der Waals surface area contributed by atoms with E-state index in [4.69, 9.17) is 0 Å². The van der Waals surface area contributed by atoms with Crippen LogP contribution in [-0.4, -0.2) is 11.6 Å². The Morgan fingerprint density at radius 3 is 1.22 bits per heavy atom. The molecule has 0 N–H and O–H groups in total. The molecule has 0 amide bonds. The van der Waals surface area contributed by atoms with Crippen LogP contribution in [0.1, 0.15) is 109 Å². The molecule has 7 heteroatoms. The summed E-state index contributed by atoms with van der Waals surface area (Å²) in [5.41, 5.74) is 18.2. The molecule has 0 radical (unpaired) electrons. The third-order valence-corrected chi connectivity index (χ3v) is 17.6. The van der Waals surface area contributed by atoms with E-state index in [1.807, 2.05) is 30.4 Å². The Morgan fingerprint density at radius 2 is 0.772 bits per heavy atom. The van der Waals surface area contributed by atoms with Gasteiger partial charge in [-0.1, -0.05) is 180 Å². The van der Waals surface area contributed by atoms with Crippen LogP contribution in [-0.2, 0) is 10.8 Å². The van der Waals surface area contributed by atoms with Gasteiger partial charge in [0.1, 0.15) is 35.4 Å². The van der Waals surface area contributed by atoms with Gasteiger partial charge in [-0.2, -0.15) is 21.0 Å². The SMILES string of the molecule is Cc1ccc(C2(c3ccc(C)cc3)c3cc(C=C4C(=O)c5ccccc5C4=C(C#N)C#N)ccc3-c3cc4c(cc32)-c2sc(C=C3C(=O)c5ccccc5C3=C(C#N)C#N)cc2C4(c2ccc(C)cc2)c2ccc(C)cc2)cc1. The lowest BCUT2D eigenvalue weighted by atomic mass is 9.65. The number of rotatable bonds is 6. The van der Waals surface area contributed by atoms with Crippen LogP contribution in [0, 0.1) is 73.0 Å². The Morgan fingerprint density at radius 1 is 0.392 bits per heavy atom. The van der Waals surface area contributed by atoms with Crippen molar-refractivity contribution in [3.05, 3.63) is 304 Å². The van der Waals surface area contributed by atoms with E-state index >= 15 is 0 Å². The first-order valence-electron chi connectivity index (χ1n) is 26.0. The molecule has 0 spiro atoms. The summed E-state index contributed by atoms with van der Waals surface area (Å²) in [6.07, 6.45) is 3.71. The van der Waals surface area contributed by atoms with E-state index < -0.39 is 10.8 Å². The molecule has 0 fully saturated rings. The number of Topliss-reactive ketones (excluding diaryl/α,β-unsaturated/α-hetero) is 2. The number of benzene rings is 8. The zero-order valence-corrected chi connectivity index (χ0v) is 44.3. The molecule has 4 aliphatic rings. The molecule has 4 aliphatic carbocycles. The molecule has 6 nitrogen and oxygen atoms in total. The fourth-order valence-electron chi connectivity index (χ4n) is 12.9. The Bertz CT molecular complexity index is 4390. The van der Waals surface area contributed by atoms with Crippen molar-refractivity contribution in [1.82, 2.24) is 0 Å². The quantitative estimate of drug-likeness (QED) is 0.120. The molecule has 9 aromatic rings. The first kappa shape index (κ1) is 48.4. The number of carbonyl (C=O) groups excluding carboxylic acids is 2. The van der Waals surface area contributed by atoms with E-state index in [1.54, 1.807) is 47.7 Å². The molecule has 0 saturated heterocycles. The van der Waals surface area contributed by atoms with Crippen molar-refractivity contribution in [3.8, 4) is 45.8 Å². The summed E-state index contributed by atoms with van der Waals surface area (Å²) in [4.78, 5) is 30.7. The van der Waals surface area contributed by atoms with E-state index in [0.29, 0.717) is 44.5 Å². The summed E-state index contributed by atoms with van der Waals surface area (Å²) in [6, 6.07) is 71.1. The van der Waals surface area contributed by atoms with Gasteiger partial charge in [0.2, 0.25) is 0 Å². The van der Waals surface area contributed by atoms with Gasteiger partial charge >= 0.3 is 0 Å². The van der Waals surface area contributed by atoms with Gasteiger partial charge in [-0.25, -0.2) is 0 Å². The smallest absolute Gasteiger partial charge is 0.194 e. The maximum absolute atomic E-state index is 14.5. The number of nitriles is 4. The number of aryl methyl sites for hydroxylation is 4. The van der Waals surface area contributed by atoms with Gasteiger partial charge in [-0.05, 0) is 142 Å². The summed E-state index contributed by atoms with van der Waals surface area (Å²) >= 11 is 1.60. The van der Waals surface area contributed by atoms with Gasteiger partial charge in [-0.3, -0.25) is 9.59 Å². The summed E-state index contributed by atoms with van der Waals surface area (Å²) < 4.78 is 0. The summed E-state index contributed by atoms with van der Waals surface area (Å²) in [5, 5.41) is 41.1. The summed E-state index contributed by atoms with van der Waals surface area (Å²) in [5.74, 6) is -0.478. The second-order valence-corrected chi connectivity index (χ2v) is 22.0. The van der Waals surface area contributed by atoms with Crippen LogP contribution < -0.4 is 0 Å². The third-order valence-electron chi connectivity index (χ3n) is 16.5. The van der Waals surface area contributed by atoms with Crippen LogP contribution in [0.5, 0.6) is 0 Å². The van der Waals surface area contributed by atoms with Gasteiger partial charge in [0, 0.05) is 43.2 Å². The van der Waals surface area contributed by atoms with E-state index in [-0.39, 0.29) is 22.7 Å². The van der Waals surface area contributed by atoms with Crippen molar-refractivity contribution in [3.63, 3.8) is 0 Å². The maximum atomic E-state index is 14.5. The number of fused-ring (bicyclic) bond motifs is 8. The van der Waals surface area contributed by atoms with Crippen LogP contribution in [0.2, 0.25) is 0 Å². The maximum Gasteiger partial charge on any atom is 0.194 e. The lowest BCUT2D eigenvalue weighted by molar-refractivity contribution is 0.103. The predicted octanol–water partition coefficient (Wildman–Crippen LogP) is 15.9. The lowest BCUT2D eigenvalue weighted by Crippen LogP contribution is -2.30. The molecular weight excluding hydrogens is 985 g/mol. The minimum Gasteiger partial charge on any atom is -0.289 e. The average Bonchev–Trinajstić information content (AvgIpc) is 3.78. The first-order chi connectivity index (χ1) is 38.4. The zero-order valence-electron chi connectivity index (χ0n) is 43.5. The van der Waals surface area contributed by atoms with E-state index in [1.165, 1.54) is 0 Å². The minimum atomic E-state index is -0.907. The molecular formula is C72H44N4O2S. The molecule has 0 saturated carbocycles. The molecule has 13 rings (SSSR count). The average molecular weight is 1030 g/mol. The molecule has 0 unspecified atom stereocenters. The van der Waals surface area contributed by atoms with Crippen molar-refractivity contribution < 1.29 is 9.59 Å². The fourth-order valence-corrected chi connectivity index (χ4v) is 14.1. The number of hydrogen-bond donors (Lipinski definition) is 0. The van der Waals surface area contributed by atoms with Gasteiger partial charge < -0.3 is 0 Å². The fraction of sp³-hybridized carbons (Fsp3) is 0.0833. The molecule has 0 aliphatic heterocycles. The topological polar surface area (TPSA) is 129 Å². The molecule has 0 bridgehead atoms. The molecule has 79 heavy (non-hydrogen) atoms. The van der Waals surface area contributed by atoms with E-state index in [2.05, 4.69) is 179 Å². The van der Waals surface area contributed by atoms with Crippen LogP contribution >= 0.6 is 11.3 Å². The van der Waals surface area contributed by atoms with E-state index in [0.717, 1.165) is 98.8 Å². The largest absolute Gasteiger partial charge is 0.289 e. The van der Waals surface area contributed by atoms with Gasteiger partial charge in [0.05, 0.1) is 10.8 Å². The van der Waals surface area contributed by atoms with Gasteiger partial charge in [0.25, 0.3) is 0 Å². The Hall–Kier alpha value is -10.3. The zero-order chi connectivity index (χ0) is 54.5. The Labute approximate surface area is 462 Å². The molecule has 1 heterocycles. The second kappa shape index (κ2) is 18.2. The summed E-state index contributed by atoms with van der Waals surface area (Å²) in [7, 11) is 0. The van der Waals surface area contributed by atoms with Crippen molar-refractivity contribution in [2.75, 3.05) is 0 Å². The number of carbonyl (C=O) groups is 2. The number of hydrogen-bond acceptors (Lipinski definition) is 7. The minimum absolute atomic E-state index is 0.114. The Kier molecular flexibility index (Phi) is 11.1. The highest BCUT2D eigenvalue weighted by Gasteiger charge is 2.52. The van der Waals surface area contributed by atoms with Crippen LogP contribution in [0.25, 0.3) is 44.9 Å². The highest BCUT2D eigenvalue weighted by Crippen LogP contribution is 2.64. The number of thiophene rings is 1. The monoisotopic (exact) mass is 1030 g/mol. The Balaban J connectivity index is 1.13. The second-order valence-electron chi connectivity index (χ2n) is 20.9. The molecule has 8 aromatic carbocycles. The van der Waals surface area contributed by atoms with Crippen LogP contribution in [0.3, 0.4) is 0 Å². The van der Waals surface area contributed by atoms with E-state index in [9.17, 15) is 30.6 Å². The number of nitrogens with zero attached hydrogens (tertiary/aromatic N) is 4.